The SMILES string of the molecule is CCC(C)CN(C)c1ncnc(NN)c1Br. The molecule has 0 aliphatic rings. The van der Waals surface area contributed by atoms with E-state index in [4.69, 9.17) is 5.84 Å². The highest BCUT2D eigenvalue weighted by Gasteiger charge is 2.13. The molecule has 0 saturated heterocycles. The van der Waals surface area contributed by atoms with Gasteiger partial charge in [-0.2, -0.15) is 0 Å². The summed E-state index contributed by atoms with van der Waals surface area (Å²) in [6.45, 7) is 5.35. The van der Waals surface area contributed by atoms with Gasteiger partial charge >= 0.3 is 0 Å². The van der Waals surface area contributed by atoms with Crippen molar-refractivity contribution in [2.75, 3.05) is 23.9 Å². The fourth-order valence-corrected chi connectivity index (χ4v) is 2.03. The second-order valence-corrected chi connectivity index (χ2v) is 4.69. The van der Waals surface area contributed by atoms with Gasteiger partial charge in [0, 0.05) is 13.6 Å². The Bertz CT molecular complexity index is 344. The van der Waals surface area contributed by atoms with Crippen LogP contribution in [0.2, 0.25) is 0 Å². The zero-order valence-corrected chi connectivity index (χ0v) is 11.5. The van der Waals surface area contributed by atoms with E-state index in [2.05, 4.69) is 50.1 Å². The second kappa shape index (κ2) is 6.00. The van der Waals surface area contributed by atoms with Crippen LogP contribution in [0.1, 0.15) is 20.3 Å². The van der Waals surface area contributed by atoms with E-state index < -0.39 is 0 Å². The van der Waals surface area contributed by atoms with Crippen molar-refractivity contribution in [3.05, 3.63) is 10.8 Å². The molecule has 0 spiro atoms. The predicted octanol–water partition coefficient (Wildman–Crippen LogP) is 2.01. The van der Waals surface area contributed by atoms with Crippen LogP contribution >= 0.6 is 15.9 Å². The average Bonchev–Trinajstić information content (AvgIpc) is 2.29. The summed E-state index contributed by atoms with van der Waals surface area (Å²) in [5.41, 5.74) is 2.53. The Morgan fingerprint density at radius 1 is 1.56 bits per heavy atom. The first-order valence-electron chi connectivity index (χ1n) is 5.28. The van der Waals surface area contributed by atoms with E-state index in [1.54, 1.807) is 0 Å². The van der Waals surface area contributed by atoms with E-state index in [-0.39, 0.29) is 0 Å². The van der Waals surface area contributed by atoms with Crippen molar-refractivity contribution >= 4 is 27.6 Å². The first-order chi connectivity index (χ1) is 7.60. The van der Waals surface area contributed by atoms with Crippen LogP contribution in [0.15, 0.2) is 10.8 Å². The number of nitrogens with two attached hydrogens (primary N) is 1. The van der Waals surface area contributed by atoms with Crippen molar-refractivity contribution in [2.24, 2.45) is 11.8 Å². The van der Waals surface area contributed by atoms with Crippen LogP contribution in [-0.4, -0.2) is 23.6 Å². The van der Waals surface area contributed by atoms with Gasteiger partial charge in [0.25, 0.3) is 0 Å². The van der Waals surface area contributed by atoms with E-state index >= 15 is 0 Å². The Labute approximate surface area is 105 Å². The zero-order valence-electron chi connectivity index (χ0n) is 9.87. The second-order valence-electron chi connectivity index (χ2n) is 3.90. The van der Waals surface area contributed by atoms with Crippen molar-refractivity contribution in [2.45, 2.75) is 20.3 Å². The third-order valence-electron chi connectivity index (χ3n) is 2.55. The molecule has 5 nitrogen and oxygen atoms in total. The van der Waals surface area contributed by atoms with E-state index in [0.29, 0.717) is 11.7 Å². The summed E-state index contributed by atoms with van der Waals surface area (Å²) in [4.78, 5) is 10.4. The average molecular weight is 288 g/mol. The summed E-state index contributed by atoms with van der Waals surface area (Å²) < 4.78 is 0.795. The molecule has 1 unspecified atom stereocenters. The monoisotopic (exact) mass is 287 g/mol. The number of nitrogens with zero attached hydrogens (tertiary/aromatic N) is 3. The lowest BCUT2D eigenvalue weighted by Gasteiger charge is -2.23. The van der Waals surface area contributed by atoms with Crippen LogP contribution in [0.5, 0.6) is 0 Å². The number of hydrazine groups is 1. The Morgan fingerprint density at radius 2 is 2.25 bits per heavy atom. The maximum atomic E-state index is 5.36. The molecule has 3 N–H and O–H groups in total. The smallest absolute Gasteiger partial charge is 0.159 e. The molecule has 1 aromatic heterocycles. The van der Waals surface area contributed by atoms with Crippen molar-refractivity contribution in [1.82, 2.24) is 9.97 Å². The Morgan fingerprint density at radius 3 is 2.81 bits per heavy atom. The number of nitrogens with one attached hydrogen (secondary N) is 1. The molecule has 1 aromatic rings. The number of halogens is 1. The van der Waals surface area contributed by atoms with Gasteiger partial charge in [0.1, 0.15) is 16.6 Å². The maximum Gasteiger partial charge on any atom is 0.159 e. The summed E-state index contributed by atoms with van der Waals surface area (Å²) in [6, 6.07) is 0. The van der Waals surface area contributed by atoms with Crippen LogP contribution in [0.25, 0.3) is 0 Å². The van der Waals surface area contributed by atoms with Crippen molar-refractivity contribution in [3.63, 3.8) is 0 Å². The van der Waals surface area contributed by atoms with Gasteiger partial charge in [0.05, 0.1) is 0 Å². The third-order valence-corrected chi connectivity index (χ3v) is 3.28. The summed E-state index contributed by atoms with van der Waals surface area (Å²) >= 11 is 3.44. The van der Waals surface area contributed by atoms with Gasteiger partial charge < -0.3 is 10.3 Å². The highest BCUT2D eigenvalue weighted by atomic mass is 79.9. The fraction of sp³-hybridized carbons (Fsp3) is 0.600. The Balaban J connectivity index is 2.86. The first kappa shape index (κ1) is 13.2. The van der Waals surface area contributed by atoms with Crippen LogP contribution in [0.3, 0.4) is 0 Å². The van der Waals surface area contributed by atoms with Gasteiger partial charge in [-0.15, -0.1) is 0 Å². The number of hydrogen-bond donors (Lipinski definition) is 2. The predicted molar refractivity (Wildman–Crippen MR) is 70.3 cm³/mol. The highest BCUT2D eigenvalue weighted by molar-refractivity contribution is 9.10. The van der Waals surface area contributed by atoms with Crippen LogP contribution in [0.4, 0.5) is 11.6 Å². The molecule has 1 atom stereocenters. The van der Waals surface area contributed by atoms with Gasteiger partial charge in [0.15, 0.2) is 5.82 Å². The Hall–Kier alpha value is -0.880. The Kier molecular flexibility index (Phi) is 4.95. The number of hydrogen-bond acceptors (Lipinski definition) is 5. The third kappa shape index (κ3) is 3.05. The molecule has 0 amide bonds. The quantitative estimate of drug-likeness (QED) is 0.641. The molecule has 0 fully saturated rings. The molecule has 16 heavy (non-hydrogen) atoms. The van der Waals surface area contributed by atoms with Crippen molar-refractivity contribution < 1.29 is 0 Å². The largest absolute Gasteiger partial charge is 0.358 e. The molecular formula is C10H18BrN5. The van der Waals surface area contributed by atoms with E-state index in [9.17, 15) is 0 Å². The minimum atomic E-state index is 0.598. The minimum Gasteiger partial charge on any atom is -0.358 e. The number of rotatable bonds is 5. The number of aromatic nitrogens is 2. The van der Waals surface area contributed by atoms with Crippen LogP contribution in [0, 0.1) is 5.92 Å². The number of anilines is 2. The maximum absolute atomic E-state index is 5.36. The summed E-state index contributed by atoms with van der Waals surface area (Å²) in [5, 5.41) is 0. The van der Waals surface area contributed by atoms with E-state index in [1.165, 1.54) is 6.33 Å². The molecule has 0 aromatic carbocycles. The number of nitrogen functional groups attached to an aromatic ring is 1. The minimum absolute atomic E-state index is 0.598. The van der Waals surface area contributed by atoms with Gasteiger partial charge in [-0.1, -0.05) is 20.3 Å². The van der Waals surface area contributed by atoms with Gasteiger partial charge in [-0.3, -0.25) is 0 Å². The lowest BCUT2D eigenvalue weighted by atomic mass is 10.1. The normalized spacial score (nSPS) is 12.3. The van der Waals surface area contributed by atoms with Crippen molar-refractivity contribution in [3.8, 4) is 0 Å². The molecule has 90 valence electrons. The van der Waals surface area contributed by atoms with Crippen LogP contribution < -0.4 is 16.2 Å². The molecule has 0 radical (unpaired) electrons. The standard InChI is InChI=1S/C10H18BrN5/c1-4-7(2)5-16(3)10-8(11)9(15-12)13-6-14-10/h6-7H,4-5,12H2,1-3H3,(H,13,14,15). The lowest BCUT2D eigenvalue weighted by molar-refractivity contribution is 0.557. The molecule has 1 rings (SSSR count). The summed E-state index contributed by atoms with van der Waals surface area (Å²) in [6.07, 6.45) is 2.65. The van der Waals surface area contributed by atoms with E-state index in [1.807, 2.05) is 7.05 Å². The molecule has 0 aliphatic heterocycles. The first-order valence-corrected chi connectivity index (χ1v) is 6.07. The lowest BCUT2D eigenvalue weighted by Crippen LogP contribution is -2.25. The van der Waals surface area contributed by atoms with Gasteiger partial charge in [0.2, 0.25) is 0 Å². The topological polar surface area (TPSA) is 67.1 Å². The van der Waals surface area contributed by atoms with Crippen LogP contribution in [-0.2, 0) is 0 Å². The van der Waals surface area contributed by atoms with Crippen molar-refractivity contribution in [1.29, 1.82) is 0 Å². The molecule has 0 aliphatic carbocycles. The zero-order chi connectivity index (χ0) is 12.1. The molecule has 0 bridgehead atoms. The van der Waals surface area contributed by atoms with E-state index in [0.717, 1.165) is 23.3 Å². The van der Waals surface area contributed by atoms with Gasteiger partial charge in [-0.05, 0) is 21.8 Å². The van der Waals surface area contributed by atoms with Gasteiger partial charge in [-0.25, -0.2) is 15.8 Å². The molecule has 0 saturated carbocycles. The highest BCUT2D eigenvalue weighted by Crippen LogP contribution is 2.28. The summed E-state index contributed by atoms with van der Waals surface area (Å²) in [7, 11) is 2.01. The molecule has 6 heteroatoms. The summed E-state index contributed by atoms with van der Waals surface area (Å²) in [5.74, 6) is 7.43. The molecule has 1 heterocycles. The fourth-order valence-electron chi connectivity index (χ4n) is 1.41. The molecular weight excluding hydrogens is 270 g/mol.